The van der Waals surface area contributed by atoms with E-state index in [1.54, 1.807) is 25.3 Å². The van der Waals surface area contributed by atoms with Crippen molar-refractivity contribution in [2.75, 3.05) is 26.9 Å². The topological polar surface area (TPSA) is 47.6 Å². The number of nitrogens with one attached hydrogen (secondary N) is 1. The van der Waals surface area contributed by atoms with Gasteiger partial charge in [-0.3, -0.25) is 4.79 Å². The Bertz CT molecular complexity index is 382. The fourth-order valence-electron chi connectivity index (χ4n) is 1.28. The van der Waals surface area contributed by atoms with Gasteiger partial charge in [0.1, 0.15) is 5.75 Å². The van der Waals surface area contributed by atoms with Crippen LogP contribution in [-0.4, -0.2) is 32.8 Å². The molecule has 0 bridgehead atoms. The summed E-state index contributed by atoms with van der Waals surface area (Å²) in [7, 11) is 1.57. The first-order chi connectivity index (χ1) is 8.19. The molecule has 0 aliphatic rings. The lowest BCUT2D eigenvalue weighted by molar-refractivity contribution is 0.0921. The second kappa shape index (κ2) is 7.29. The molecule has 0 aliphatic carbocycles. The highest BCUT2D eigenvalue weighted by Gasteiger charge is 2.10. The molecule has 94 valence electrons. The standard InChI is InChI=1S/C12H16BrNO3/c1-3-17-7-6-14-12(15)10-8-9(16-2)4-5-11(10)13/h4-5,8H,3,6-7H2,1-2H3,(H,14,15). The number of amides is 1. The maximum Gasteiger partial charge on any atom is 0.252 e. The molecule has 0 atom stereocenters. The second-order valence-electron chi connectivity index (χ2n) is 3.30. The maximum absolute atomic E-state index is 11.8. The fraction of sp³-hybridized carbons (Fsp3) is 0.417. The van der Waals surface area contributed by atoms with E-state index in [9.17, 15) is 4.79 Å². The van der Waals surface area contributed by atoms with Gasteiger partial charge in [-0.05, 0) is 41.1 Å². The molecule has 0 aromatic heterocycles. The van der Waals surface area contributed by atoms with E-state index >= 15 is 0 Å². The average Bonchev–Trinajstić information content (AvgIpc) is 2.35. The molecule has 1 aromatic carbocycles. The van der Waals surface area contributed by atoms with Crippen LogP contribution >= 0.6 is 15.9 Å². The van der Waals surface area contributed by atoms with Crippen molar-refractivity contribution >= 4 is 21.8 Å². The first-order valence-electron chi connectivity index (χ1n) is 5.38. The number of rotatable bonds is 6. The number of benzene rings is 1. The van der Waals surface area contributed by atoms with E-state index in [-0.39, 0.29) is 5.91 Å². The molecule has 4 nitrogen and oxygen atoms in total. The Labute approximate surface area is 109 Å². The zero-order valence-corrected chi connectivity index (χ0v) is 11.5. The van der Waals surface area contributed by atoms with Crippen LogP contribution in [0.3, 0.4) is 0 Å². The molecule has 0 saturated carbocycles. The smallest absolute Gasteiger partial charge is 0.252 e. The highest BCUT2D eigenvalue weighted by molar-refractivity contribution is 9.10. The van der Waals surface area contributed by atoms with Gasteiger partial charge in [0.05, 0.1) is 19.3 Å². The SMILES string of the molecule is CCOCCNC(=O)c1cc(OC)ccc1Br. The summed E-state index contributed by atoms with van der Waals surface area (Å²) in [4.78, 5) is 11.8. The quantitative estimate of drug-likeness (QED) is 0.820. The molecular formula is C12H16BrNO3. The average molecular weight is 302 g/mol. The summed E-state index contributed by atoms with van der Waals surface area (Å²) in [5.41, 5.74) is 0.556. The highest BCUT2D eigenvalue weighted by atomic mass is 79.9. The van der Waals surface area contributed by atoms with Crippen LogP contribution in [0.15, 0.2) is 22.7 Å². The zero-order valence-electron chi connectivity index (χ0n) is 9.96. The molecule has 1 amide bonds. The van der Waals surface area contributed by atoms with Gasteiger partial charge in [0, 0.05) is 17.6 Å². The van der Waals surface area contributed by atoms with Gasteiger partial charge in [-0.1, -0.05) is 0 Å². The second-order valence-corrected chi connectivity index (χ2v) is 4.15. The van der Waals surface area contributed by atoms with Crippen LogP contribution in [-0.2, 0) is 4.74 Å². The maximum atomic E-state index is 11.8. The van der Waals surface area contributed by atoms with Gasteiger partial charge in [-0.15, -0.1) is 0 Å². The van der Waals surface area contributed by atoms with Gasteiger partial charge in [0.15, 0.2) is 0 Å². The Balaban J connectivity index is 2.61. The van der Waals surface area contributed by atoms with E-state index in [4.69, 9.17) is 9.47 Å². The first-order valence-corrected chi connectivity index (χ1v) is 6.17. The van der Waals surface area contributed by atoms with Gasteiger partial charge >= 0.3 is 0 Å². The Kier molecular flexibility index (Phi) is 6.00. The van der Waals surface area contributed by atoms with E-state index in [0.29, 0.717) is 31.1 Å². The van der Waals surface area contributed by atoms with Crippen molar-refractivity contribution in [2.45, 2.75) is 6.92 Å². The van der Waals surface area contributed by atoms with E-state index in [1.165, 1.54) is 0 Å². The van der Waals surface area contributed by atoms with Gasteiger partial charge < -0.3 is 14.8 Å². The van der Waals surface area contributed by atoms with Gasteiger partial charge in [-0.2, -0.15) is 0 Å². The molecule has 0 fully saturated rings. The monoisotopic (exact) mass is 301 g/mol. The van der Waals surface area contributed by atoms with Crippen molar-refractivity contribution in [3.8, 4) is 5.75 Å². The van der Waals surface area contributed by atoms with Crippen LogP contribution in [0, 0.1) is 0 Å². The number of hydrogen-bond acceptors (Lipinski definition) is 3. The number of ether oxygens (including phenoxy) is 2. The summed E-state index contributed by atoms with van der Waals surface area (Å²) in [5, 5.41) is 2.78. The molecule has 0 spiro atoms. The summed E-state index contributed by atoms with van der Waals surface area (Å²) >= 11 is 3.34. The normalized spacial score (nSPS) is 10.1. The van der Waals surface area contributed by atoms with Crippen LogP contribution in [0.1, 0.15) is 17.3 Å². The minimum absolute atomic E-state index is 0.143. The van der Waals surface area contributed by atoms with Crippen LogP contribution in [0.4, 0.5) is 0 Å². The third-order valence-electron chi connectivity index (χ3n) is 2.15. The van der Waals surface area contributed by atoms with Crippen molar-refractivity contribution in [2.24, 2.45) is 0 Å². The van der Waals surface area contributed by atoms with E-state index in [0.717, 1.165) is 4.47 Å². The number of carbonyl (C=O) groups excluding carboxylic acids is 1. The third kappa shape index (κ3) is 4.36. The van der Waals surface area contributed by atoms with Gasteiger partial charge in [0.25, 0.3) is 5.91 Å². The van der Waals surface area contributed by atoms with Crippen molar-refractivity contribution in [1.82, 2.24) is 5.32 Å². The molecule has 1 aromatic rings. The molecule has 1 rings (SSSR count). The minimum Gasteiger partial charge on any atom is -0.497 e. The zero-order chi connectivity index (χ0) is 12.7. The summed E-state index contributed by atoms with van der Waals surface area (Å²) in [6.45, 7) is 3.58. The molecular weight excluding hydrogens is 286 g/mol. The number of carbonyl (C=O) groups is 1. The Morgan fingerprint density at radius 1 is 1.47 bits per heavy atom. The Hall–Kier alpha value is -1.07. The number of methoxy groups -OCH3 is 1. The van der Waals surface area contributed by atoms with Gasteiger partial charge in [0.2, 0.25) is 0 Å². The number of hydrogen-bond donors (Lipinski definition) is 1. The predicted molar refractivity (Wildman–Crippen MR) is 69.5 cm³/mol. The lowest BCUT2D eigenvalue weighted by atomic mass is 10.2. The van der Waals surface area contributed by atoms with E-state index in [2.05, 4.69) is 21.2 Å². The van der Waals surface area contributed by atoms with Crippen molar-refractivity contribution in [1.29, 1.82) is 0 Å². The summed E-state index contributed by atoms with van der Waals surface area (Å²) < 4.78 is 11.0. The third-order valence-corrected chi connectivity index (χ3v) is 2.85. The largest absolute Gasteiger partial charge is 0.497 e. The fourth-order valence-corrected chi connectivity index (χ4v) is 1.71. The van der Waals surface area contributed by atoms with Gasteiger partial charge in [-0.25, -0.2) is 0 Å². The molecule has 0 unspecified atom stereocenters. The lowest BCUT2D eigenvalue weighted by Crippen LogP contribution is -2.27. The van der Waals surface area contributed by atoms with Crippen molar-refractivity contribution < 1.29 is 14.3 Å². The summed E-state index contributed by atoms with van der Waals surface area (Å²) in [6.07, 6.45) is 0. The molecule has 5 heteroatoms. The Morgan fingerprint density at radius 2 is 2.24 bits per heavy atom. The van der Waals surface area contributed by atoms with Crippen molar-refractivity contribution in [3.63, 3.8) is 0 Å². The van der Waals surface area contributed by atoms with E-state index in [1.807, 2.05) is 6.92 Å². The highest BCUT2D eigenvalue weighted by Crippen LogP contribution is 2.22. The van der Waals surface area contributed by atoms with E-state index < -0.39 is 0 Å². The Morgan fingerprint density at radius 3 is 2.88 bits per heavy atom. The molecule has 0 heterocycles. The minimum atomic E-state index is -0.143. The molecule has 17 heavy (non-hydrogen) atoms. The lowest BCUT2D eigenvalue weighted by Gasteiger charge is -2.08. The molecule has 1 N–H and O–H groups in total. The first kappa shape index (κ1) is 14.0. The molecule has 0 aliphatic heterocycles. The predicted octanol–water partition coefficient (Wildman–Crippen LogP) is 2.22. The van der Waals surface area contributed by atoms with Crippen LogP contribution < -0.4 is 10.1 Å². The van der Waals surface area contributed by atoms with Crippen LogP contribution in [0.25, 0.3) is 0 Å². The summed E-state index contributed by atoms with van der Waals surface area (Å²) in [5.74, 6) is 0.513. The molecule has 0 radical (unpaired) electrons. The van der Waals surface area contributed by atoms with Crippen molar-refractivity contribution in [3.05, 3.63) is 28.2 Å². The van der Waals surface area contributed by atoms with Crippen LogP contribution in [0.2, 0.25) is 0 Å². The summed E-state index contributed by atoms with van der Waals surface area (Å²) in [6, 6.07) is 5.28. The van der Waals surface area contributed by atoms with Crippen LogP contribution in [0.5, 0.6) is 5.75 Å². The number of halogens is 1. The molecule has 0 saturated heterocycles.